The lowest BCUT2D eigenvalue weighted by Gasteiger charge is -2.22. The molecule has 1 aliphatic rings. The molecule has 2 heterocycles. The zero-order valence-corrected chi connectivity index (χ0v) is 16.9. The van der Waals surface area contributed by atoms with Gasteiger partial charge in [0.2, 0.25) is 0 Å². The highest BCUT2D eigenvalue weighted by Crippen LogP contribution is 2.27. The Bertz CT molecular complexity index is 892. The molecule has 0 aliphatic carbocycles. The summed E-state index contributed by atoms with van der Waals surface area (Å²) < 4.78 is 0. The third-order valence-electron chi connectivity index (χ3n) is 4.71. The highest BCUT2D eigenvalue weighted by Gasteiger charge is 2.28. The van der Waals surface area contributed by atoms with Crippen LogP contribution in [0, 0.1) is 0 Å². The molecule has 0 saturated heterocycles. The number of rotatable bonds is 5. The number of anilines is 2. The number of carbonyl (C=O) groups excluding carboxylic acids is 1. The molecular weight excluding hydrogens is 378 g/mol. The van der Waals surface area contributed by atoms with E-state index in [0.717, 1.165) is 11.3 Å². The third kappa shape index (κ3) is 4.19. The molecule has 0 atom stereocenters. The zero-order valence-electron chi connectivity index (χ0n) is 16.1. The highest BCUT2D eigenvalue weighted by atomic mass is 32.2. The number of likely N-dealkylation sites (N-methyl/N-ethyl adjacent to an activating group) is 2. The lowest BCUT2D eigenvalue weighted by molar-refractivity contribution is 0.0989. The van der Waals surface area contributed by atoms with Crippen LogP contribution in [-0.4, -0.2) is 72.0 Å². The fourth-order valence-corrected chi connectivity index (χ4v) is 3.35. The Morgan fingerprint density at radius 2 is 2.14 bits per heavy atom. The molecule has 0 bridgehead atoms. The number of hydrogen-bond donors (Lipinski definition) is 1. The second-order valence-electron chi connectivity index (χ2n) is 6.60. The zero-order chi connectivity index (χ0) is 20.3. The average molecular weight is 401 g/mol. The summed E-state index contributed by atoms with van der Waals surface area (Å²) in [5.74, 6) is 0.512. The van der Waals surface area contributed by atoms with Crippen molar-refractivity contribution in [1.82, 2.24) is 14.9 Å². The summed E-state index contributed by atoms with van der Waals surface area (Å²) >= 11 is 1.44. The van der Waals surface area contributed by atoms with Crippen LogP contribution >= 0.6 is 11.8 Å². The summed E-state index contributed by atoms with van der Waals surface area (Å²) in [7, 11) is 3.46. The maximum Gasteiger partial charge on any atom is 0.407 e. The first kappa shape index (κ1) is 19.9. The van der Waals surface area contributed by atoms with Gasteiger partial charge in [0.1, 0.15) is 11.4 Å². The molecule has 148 valence electrons. The van der Waals surface area contributed by atoms with Gasteiger partial charge in [-0.25, -0.2) is 14.8 Å². The number of hydrogen-bond acceptors (Lipinski definition) is 6. The van der Waals surface area contributed by atoms with Gasteiger partial charge in [0.15, 0.2) is 5.16 Å². The monoisotopic (exact) mass is 401 g/mol. The van der Waals surface area contributed by atoms with Crippen molar-refractivity contribution in [1.29, 1.82) is 0 Å². The van der Waals surface area contributed by atoms with E-state index >= 15 is 0 Å². The Labute approximate surface area is 168 Å². The molecule has 1 N–H and O–H groups in total. The average Bonchev–Trinajstić information content (AvgIpc) is 2.82. The molecular formula is C19H23N5O3S. The van der Waals surface area contributed by atoms with Crippen LogP contribution in [0.25, 0.3) is 0 Å². The van der Waals surface area contributed by atoms with Gasteiger partial charge < -0.3 is 19.8 Å². The number of nitrogens with zero attached hydrogens (tertiary/aromatic N) is 5. The van der Waals surface area contributed by atoms with Crippen molar-refractivity contribution in [2.24, 2.45) is 0 Å². The van der Waals surface area contributed by atoms with E-state index in [1.165, 1.54) is 16.7 Å². The van der Waals surface area contributed by atoms with E-state index in [4.69, 9.17) is 5.11 Å². The molecule has 9 heteroatoms. The van der Waals surface area contributed by atoms with Crippen LogP contribution in [0.4, 0.5) is 16.3 Å². The topological polar surface area (TPSA) is 89.9 Å². The summed E-state index contributed by atoms with van der Waals surface area (Å²) in [6.45, 7) is 1.57. The van der Waals surface area contributed by atoms with Gasteiger partial charge in [-0.15, -0.1) is 0 Å². The molecule has 2 amide bonds. The minimum atomic E-state index is -0.955. The molecule has 8 nitrogen and oxygen atoms in total. The van der Waals surface area contributed by atoms with Crippen molar-refractivity contribution < 1.29 is 14.7 Å². The summed E-state index contributed by atoms with van der Waals surface area (Å²) in [6.07, 6.45) is 3.12. The van der Waals surface area contributed by atoms with Crippen LogP contribution in [-0.2, 0) is 6.42 Å². The molecule has 2 aromatic rings. The first-order valence-corrected chi connectivity index (χ1v) is 10.1. The number of amides is 2. The van der Waals surface area contributed by atoms with Crippen LogP contribution < -0.4 is 9.80 Å². The van der Waals surface area contributed by atoms with Gasteiger partial charge >= 0.3 is 6.09 Å². The fraction of sp³-hybridized carbons (Fsp3) is 0.368. The van der Waals surface area contributed by atoms with Crippen molar-refractivity contribution in [3.63, 3.8) is 0 Å². The van der Waals surface area contributed by atoms with Gasteiger partial charge in [-0.3, -0.25) is 4.79 Å². The quantitative estimate of drug-likeness (QED) is 0.608. The molecule has 3 rings (SSSR count). The normalized spacial score (nSPS) is 13.9. The molecule has 1 aliphatic heterocycles. The second-order valence-corrected chi connectivity index (χ2v) is 7.37. The first-order valence-electron chi connectivity index (χ1n) is 8.87. The van der Waals surface area contributed by atoms with Crippen LogP contribution in [0.1, 0.15) is 15.9 Å². The third-order valence-corrected chi connectivity index (χ3v) is 5.27. The van der Waals surface area contributed by atoms with Crippen molar-refractivity contribution in [3.8, 4) is 0 Å². The number of aromatic nitrogens is 2. The number of thioether (sulfide) groups is 1. The van der Waals surface area contributed by atoms with Gasteiger partial charge in [-0.1, -0.05) is 23.9 Å². The highest BCUT2D eigenvalue weighted by molar-refractivity contribution is 7.98. The standard InChI is InChI=1S/C19H23N5O3S/c1-22-9-10-24(17(25)15-12-20-18(28-3)21-16(15)22)14-6-4-5-13(11-14)7-8-23(2)19(26)27/h4-6,11-12H,7-10H2,1-3H3,(H,26,27). The van der Waals surface area contributed by atoms with E-state index in [-0.39, 0.29) is 5.91 Å². The number of fused-ring (bicyclic) bond motifs is 1. The van der Waals surface area contributed by atoms with Crippen LogP contribution in [0.3, 0.4) is 0 Å². The molecule has 28 heavy (non-hydrogen) atoms. The van der Waals surface area contributed by atoms with Gasteiger partial charge in [0, 0.05) is 45.6 Å². The summed E-state index contributed by atoms with van der Waals surface area (Å²) in [4.78, 5) is 37.9. The predicted octanol–water partition coefficient (Wildman–Crippen LogP) is 2.45. The minimum Gasteiger partial charge on any atom is -0.465 e. The predicted molar refractivity (Wildman–Crippen MR) is 110 cm³/mol. The van der Waals surface area contributed by atoms with E-state index in [9.17, 15) is 9.59 Å². The Kier molecular flexibility index (Phi) is 6.03. The smallest absolute Gasteiger partial charge is 0.407 e. The van der Waals surface area contributed by atoms with Crippen molar-refractivity contribution in [2.75, 3.05) is 49.8 Å². The molecule has 0 radical (unpaired) electrons. The van der Waals surface area contributed by atoms with E-state index in [1.54, 1.807) is 18.1 Å². The maximum atomic E-state index is 13.2. The summed E-state index contributed by atoms with van der Waals surface area (Å²) in [5, 5.41) is 9.63. The Morgan fingerprint density at radius 1 is 1.36 bits per heavy atom. The van der Waals surface area contributed by atoms with Crippen molar-refractivity contribution >= 4 is 35.3 Å². The van der Waals surface area contributed by atoms with Gasteiger partial charge in [-0.05, 0) is 30.4 Å². The largest absolute Gasteiger partial charge is 0.465 e. The van der Waals surface area contributed by atoms with Crippen molar-refractivity contribution in [3.05, 3.63) is 41.6 Å². The van der Waals surface area contributed by atoms with Crippen molar-refractivity contribution in [2.45, 2.75) is 11.6 Å². The second kappa shape index (κ2) is 8.47. The minimum absolute atomic E-state index is 0.133. The number of benzene rings is 1. The molecule has 0 spiro atoms. The van der Waals surface area contributed by atoms with E-state index < -0.39 is 6.09 Å². The Morgan fingerprint density at radius 3 is 2.86 bits per heavy atom. The van der Waals surface area contributed by atoms with E-state index in [0.29, 0.717) is 42.6 Å². The summed E-state index contributed by atoms with van der Waals surface area (Å²) in [6, 6.07) is 7.66. The maximum absolute atomic E-state index is 13.2. The van der Waals surface area contributed by atoms with Gasteiger partial charge in [-0.2, -0.15) is 0 Å². The van der Waals surface area contributed by atoms with Gasteiger partial charge in [0.05, 0.1) is 0 Å². The lowest BCUT2D eigenvalue weighted by Crippen LogP contribution is -2.33. The Balaban J connectivity index is 1.86. The molecule has 0 fully saturated rings. The van der Waals surface area contributed by atoms with E-state index in [1.807, 2.05) is 42.5 Å². The van der Waals surface area contributed by atoms with Gasteiger partial charge in [0.25, 0.3) is 5.91 Å². The van der Waals surface area contributed by atoms with Crippen LogP contribution in [0.15, 0.2) is 35.6 Å². The molecule has 1 aromatic heterocycles. The van der Waals surface area contributed by atoms with Crippen LogP contribution in [0.5, 0.6) is 0 Å². The SMILES string of the molecule is CSc1ncc2c(n1)N(C)CCN(c1cccc(CCN(C)C(=O)O)c1)C2=O. The number of carboxylic acid groups (broad SMARTS) is 1. The Hall–Kier alpha value is -2.81. The molecule has 0 saturated carbocycles. The van der Waals surface area contributed by atoms with Crippen LogP contribution in [0.2, 0.25) is 0 Å². The molecule has 1 aromatic carbocycles. The summed E-state index contributed by atoms with van der Waals surface area (Å²) in [5.41, 5.74) is 2.25. The lowest BCUT2D eigenvalue weighted by atomic mass is 10.1. The van der Waals surface area contributed by atoms with E-state index in [2.05, 4.69) is 9.97 Å². The number of carbonyl (C=O) groups is 2. The first-order chi connectivity index (χ1) is 13.4. The molecule has 0 unspecified atom stereocenters. The fourth-order valence-electron chi connectivity index (χ4n) is 3.02.